The van der Waals surface area contributed by atoms with Crippen molar-refractivity contribution in [2.24, 2.45) is 0 Å². The SMILES string of the molecule is C=CC(=O)N1CCN(c2nc(OCC3CCCN3C)nn3c(Cc4cccc5c4cnn5C(=O)OC(C)(C)C)cnc23)CC1CC#N. The van der Waals surface area contributed by atoms with Crippen molar-refractivity contribution < 1.29 is 19.1 Å². The van der Waals surface area contributed by atoms with E-state index in [9.17, 15) is 14.9 Å². The van der Waals surface area contributed by atoms with Gasteiger partial charge < -0.3 is 24.2 Å². The fraction of sp³-hybridized carbons (Fsp3) is 0.485. The first-order valence-corrected chi connectivity index (χ1v) is 15.9. The third-order valence-electron chi connectivity index (χ3n) is 8.68. The lowest BCUT2D eigenvalue weighted by molar-refractivity contribution is -0.128. The summed E-state index contributed by atoms with van der Waals surface area (Å²) in [6.07, 6.45) is 6.95. The first kappa shape index (κ1) is 31.9. The van der Waals surface area contributed by atoms with Crippen LogP contribution in [0.2, 0.25) is 0 Å². The minimum absolute atomic E-state index is 0.176. The summed E-state index contributed by atoms with van der Waals surface area (Å²) in [5.41, 5.74) is 2.25. The zero-order valence-electron chi connectivity index (χ0n) is 27.3. The topological polar surface area (TPSA) is 147 Å². The normalized spacial score (nSPS) is 18.9. The number of hydrogen-bond acceptors (Lipinski definition) is 11. The number of nitriles is 1. The molecule has 5 heterocycles. The Morgan fingerprint density at radius 1 is 1.17 bits per heavy atom. The number of carbonyl (C=O) groups is 2. The fourth-order valence-corrected chi connectivity index (χ4v) is 6.29. The molecule has 1 amide bonds. The summed E-state index contributed by atoms with van der Waals surface area (Å²) >= 11 is 0. The second-order valence-corrected chi connectivity index (χ2v) is 13.1. The molecule has 3 aromatic heterocycles. The molecule has 2 unspecified atom stereocenters. The largest absolute Gasteiger partial charge is 0.461 e. The molecule has 47 heavy (non-hydrogen) atoms. The summed E-state index contributed by atoms with van der Waals surface area (Å²) in [7, 11) is 2.09. The summed E-state index contributed by atoms with van der Waals surface area (Å²) in [5.74, 6) is 0.375. The van der Waals surface area contributed by atoms with Crippen LogP contribution in [0.25, 0.3) is 16.6 Å². The van der Waals surface area contributed by atoms with Gasteiger partial charge in [0.25, 0.3) is 0 Å². The van der Waals surface area contributed by atoms with Crippen LogP contribution in [-0.2, 0) is 16.0 Å². The Hall–Kier alpha value is -5.03. The van der Waals surface area contributed by atoms with Crippen LogP contribution in [0.5, 0.6) is 6.01 Å². The van der Waals surface area contributed by atoms with E-state index in [2.05, 4.69) is 29.7 Å². The molecular weight excluding hydrogens is 600 g/mol. The Morgan fingerprint density at radius 2 is 2.00 bits per heavy atom. The lowest BCUT2D eigenvalue weighted by atomic mass is 10.1. The third kappa shape index (κ3) is 6.62. The van der Waals surface area contributed by atoms with Crippen LogP contribution in [0.3, 0.4) is 0 Å². The van der Waals surface area contributed by atoms with Crippen molar-refractivity contribution in [2.75, 3.05) is 44.7 Å². The number of aromatic nitrogens is 6. The molecule has 0 saturated carbocycles. The Labute approximate surface area is 273 Å². The maximum absolute atomic E-state index is 12.9. The van der Waals surface area contributed by atoms with E-state index >= 15 is 0 Å². The van der Waals surface area contributed by atoms with Crippen molar-refractivity contribution in [1.29, 1.82) is 5.26 Å². The molecule has 2 aliphatic heterocycles. The number of ether oxygens (including phenoxy) is 2. The lowest BCUT2D eigenvalue weighted by Gasteiger charge is -2.40. The number of nitrogens with zero attached hydrogens (tertiary/aromatic N) is 10. The zero-order chi connectivity index (χ0) is 33.3. The second kappa shape index (κ2) is 13.0. The molecule has 246 valence electrons. The van der Waals surface area contributed by atoms with E-state index in [0.29, 0.717) is 49.6 Å². The summed E-state index contributed by atoms with van der Waals surface area (Å²) in [4.78, 5) is 41.0. The molecule has 14 nitrogen and oxygen atoms in total. The van der Waals surface area contributed by atoms with Crippen molar-refractivity contribution >= 4 is 34.4 Å². The Balaban J connectivity index is 1.35. The number of rotatable bonds is 8. The van der Waals surface area contributed by atoms with Crippen LogP contribution in [0.4, 0.5) is 10.6 Å². The van der Waals surface area contributed by atoms with E-state index in [0.717, 1.165) is 36.0 Å². The highest BCUT2D eigenvalue weighted by Gasteiger charge is 2.32. The Bertz CT molecular complexity index is 1850. The molecule has 4 aromatic rings. The van der Waals surface area contributed by atoms with Gasteiger partial charge in [0.15, 0.2) is 11.5 Å². The van der Waals surface area contributed by atoms with Crippen molar-refractivity contribution in [3.05, 3.63) is 54.5 Å². The van der Waals surface area contributed by atoms with E-state index in [1.165, 1.54) is 10.8 Å². The molecule has 1 aromatic carbocycles. The summed E-state index contributed by atoms with van der Waals surface area (Å²) in [6, 6.07) is 8.09. The number of carbonyl (C=O) groups excluding carboxylic acids is 2. The van der Waals surface area contributed by atoms with Gasteiger partial charge >= 0.3 is 12.1 Å². The van der Waals surface area contributed by atoms with Gasteiger partial charge in [-0.3, -0.25) is 4.79 Å². The van der Waals surface area contributed by atoms with Crippen LogP contribution in [0.15, 0.2) is 43.2 Å². The average Bonchev–Trinajstić information content (AvgIpc) is 3.77. The van der Waals surface area contributed by atoms with Gasteiger partial charge in [-0.15, -0.1) is 5.10 Å². The van der Waals surface area contributed by atoms with Crippen molar-refractivity contribution in [1.82, 2.24) is 39.2 Å². The van der Waals surface area contributed by atoms with Gasteiger partial charge in [0, 0.05) is 37.5 Å². The number of likely N-dealkylation sites (tertiary alicyclic amines) is 1. The number of benzene rings is 1. The number of anilines is 1. The minimum atomic E-state index is -0.656. The highest BCUT2D eigenvalue weighted by atomic mass is 16.6. The van der Waals surface area contributed by atoms with Gasteiger partial charge in [0.1, 0.15) is 12.2 Å². The molecule has 0 aliphatic carbocycles. The minimum Gasteiger partial charge on any atom is -0.461 e. The molecule has 2 aliphatic rings. The molecular formula is C33H40N10O4. The van der Waals surface area contributed by atoms with Gasteiger partial charge in [-0.05, 0) is 64.9 Å². The van der Waals surface area contributed by atoms with E-state index < -0.39 is 11.7 Å². The van der Waals surface area contributed by atoms with E-state index in [-0.39, 0.29) is 30.4 Å². The highest BCUT2D eigenvalue weighted by molar-refractivity contribution is 5.90. The first-order chi connectivity index (χ1) is 22.6. The molecule has 2 fully saturated rings. The van der Waals surface area contributed by atoms with Crippen molar-refractivity contribution in [3.8, 4) is 12.1 Å². The Kier molecular flexibility index (Phi) is 8.83. The third-order valence-corrected chi connectivity index (χ3v) is 8.68. The molecule has 2 saturated heterocycles. The molecule has 0 radical (unpaired) electrons. The molecule has 14 heteroatoms. The monoisotopic (exact) mass is 640 g/mol. The standard InChI is InChI=1S/C33H40N10O4/c1-6-28(44)41-16-15-40(20-23(41)12-13-34)30-29-35-18-25(42(29)38-31(37-30)46-21-24-10-8-14-39(24)5)17-22-9-7-11-27-26(22)19-36-43(27)32(45)47-33(2,3)4/h6-7,9,11,18-19,23-24H,1,8,10,12,14-17,20-21H2,2-5H3. The second-order valence-electron chi connectivity index (χ2n) is 13.1. The predicted octanol–water partition coefficient (Wildman–Crippen LogP) is 3.44. The highest BCUT2D eigenvalue weighted by Crippen LogP contribution is 2.28. The van der Waals surface area contributed by atoms with Crippen LogP contribution in [-0.4, -0.2) is 109 Å². The maximum Gasteiger partial charge on any atom is 0.435 e. The van der Waals surface area contributed by atoms with Gasteiger partial charge in [-0.1, -0.05) is 18.7 Å². The maximum atomic E-state index is 12.9. The quantitative estimate of drug-likeness (QED) is 0.261. The average molecular weight is 641 g/mol. The van der Waals surface area contributed by atoms with Gasteiger partial charge in [-0.25, -0.2) is 14.3 Å². The fourth-order valence-electron chi connectivity index (χ4n) is 6.29. The number of imidazole rings is 1. The molecule has 2 atom stereocenters. The van der Waals surface area contributed by atoms with Crippen molar-refractivity contribution in [2.45, 2.75) is 64.1 Å². The van der Waals surface area contributed by atoms with E-state index in [4.69, 9.17) is 24.5 Å². The predicted molar refractivity (Wildman–Crippen MR) is 174 cm³/mol. The van der Waals surface area contributed by atoms with Crippen LogP contribution in [0, 0.1) is 11.3 Å². The lowest BCUT2D eigenvalue weighted by Crippen LogP contribution is -2.55. The van der Waals surface area contributed by atoms with Gasteiger partial charge in [0.2, 0.25) is 5.91 Å². The first-order valence-electron chi connectivity index (χ1n) is 15.9. The molecule has 0 spiro atoms. The number of piperazine rings is 1. The van der Waals surface area contributed by atoms with Crippen molar-refractivity contribution in [3.63, 3.8) is 0 Å². The summed E-state index contributed by atoms with van der Waals surface area (Å²) < 4.78 is 14.8. The van der Waals surface area contributed by atoms with E-state index in [1.807, 2.05) is 43.9 Å². The summed E-state index contributed by atoms with van der Waals surface area (Å²) in [5, 5.41) is 19.5. The molecule has 0 N–H and O–H groups in total. The summed E-state index contributed by atoms with van der Waals surface area (Å²) in [6.45, 7) is 11.9. The number of likely N-dealkylation sites (N-methyl/N-ethyl adjacent to an activating group) is 1. The smallest absolute Gasteiger partial charge is 0.435 e. The van der Waals surface area contributed by atoms with E-state index in [1.54, 1.807) is 21.8 Å². The number of amides is 1. The number of fused-ring (bicyclic) bond motifs is 2. The van der Waals surface area contributed by atoms with Crippen LogP contribution < -0.4 is 9.64 Å². The van der Waals surface area contributed by atoms with Crippen LogP contribution in [0.1, 0.15) is 51.3 Å². The zero-order valence-corrected chi connectivity index (χ0v) is 27.3. The molecule has 0 bridgehead atoms. The Morgan fingerprint density at radius 3 is 2.72 bits per heavy atom. The van der Waals surface area contributed by atoms with Crippen LogP contribution >= 0.6 is 0 Å². The van der Waals surface area contributed by atoms with Gasteiger partial charge in [0.05, 0.1) is 42.1 Å². The van der Waals surface area contributed by atoms with Gasteiger partial charge in [-0.2, -0.15) is 20.0 Å². The molecule has 6 rings (SSSR count). The number of hydrogen-bond donors (Lipinski definition) is 0.